The van der Waals surface area contributed by atoms with Crippen molar-refractivity contribution in [3.8, 4) is 0 Å². The molecule has 0 N–H and O–H groups in total. The van der Waals surface area contributed by atoms with Crippen molar-refractivity contribution in [2.75, 3.05) is 32.7 Å². The minimum atomic E-state index is -0.343. The number of amides is 3. The summed E-state index contributed by atoms with van der Waals surface area (Å²) in [6, 6.07) is 12.3. The number of allylic oxidation sites excluding steroid dienone is 2. The van der Waals surface area contributed by atoms with E-state index < -0.39 is 0 Å². The summed E-state index contributed by atoms with van der Waals surface area (Å²) < 4.78 is 27.1. The second kappa shape index (κ2) is 9.70. The molecular weight excluding hydrogens is 452 g/mol. The zero-order valence-corrected chi connectivity index (χ0v) is 19.3. The average Bonchev–Trinajstić information content (AvgIpc) is 3.12. The van der Waals surface area contributed by atoms with Crippen molar-refractivity contribution in [2.45, 2.75) is 18.9 Å². The van der Waals surface area contributed by atoms with E-state index in [-0.39, 0.29) is 53.8 Å². The Morgan fingerprint density at radius 3 is 1.69 bits per heavy atom. The number of piperazine rings is 1. The fourth-order valence-corrected chi connectivity index (χ4v) is 5.39. The Kier molecular flexibility index (Phi) is 6.47. The van der Waals surface area contributed by atoms with E-state index in [1.807, 2.05) is 12.2 Å². The van der Waals surface area contributed by atoms with Crippen LogP contribution in [-0.2, 0) is 14.4 Å². The summed E-state index contributed by atoms with van der Waals surface area (Å²) in [5.41, 5.74) is 1.75. The van der Waals surface area contributed by atoms with Crippen molar-refractivity contribution >= 4 is 17.7 Å². The molecule has 0 radical (unpaired) electrons. The van der Waals surface area contributed by atoms with Gasteiger partial charge in [0.15, 0.2) is 0 Å². The SMILES string of the molecule is O=C(CN1C(=O)C2CC=CCC2C1=O)N1CCN(C(c2ccc(F)cc2)c2ccc(F)cc2)CC1. The summed E-state index contributed by atoms with van der Waals surface area (Å²) in [5.74, 6) is -2.08. The lowest BCUT2D eigenvalue weighted by Gasteiger charge is -2.40. The van der Waals surface area contributed by atoms with Gasteiger partial charge in [0.25, 0.3) is 0 Å². The first-order valence-corrected chi connectivity index (χ1v) is 12.0. The molecule has 182 valence electrons. The lowest BCUT2D eigenvalue weighted by molar-refractivity contribution is -0.147. The highest BCUT2D eigenvalue weighted by atomic mass is 19.1. The Morgan fingerprint density at radius 1 is 0.771 bits per heavy atom. The predicted molar refractivity (Wildman–Crippen MR) is 125 cm³/mol. The molecule has 3 aliphatic rings. The first-order valence-electron chi connectivity index (χ1n) is 12.0. The molecule has 2 fully saturated rings. The van der Waals surface area contributed by atoms with Crippen LogP contribution >= 0.6 is 0 Å². The maximum absolute atomic E-state index is 13.5. The fraction of sp³-hybridized carbons (Fsp3) is 0.370. The van der Waals surface area contributed by atoms with Gasteiger partial charge in [-0.15, -0.1) is 0 Å². The lowest BCUT2D eigenvalue weighted by atomic mass is 9.85. The molecule has 2 unspecified atom stereocenters. The number of imide groups is 1. The third-order valence-electron chi connectivity index (χ3n) is 7.30. The van der Waals surface area contributed by atoms with Gasteiger partial charge in [-0.2, -0.15) is 0 Å². The molecule has 0 saturated carbocycles. The van der Waals surface area contributed by atoms with E-state index in [9.17, 15) is 23.2 Å². The summed E-state index contributed by atoms with van der Waals surface area (Å²) >= 11 is 0. The largest absolute Gasteiger partial charge is 0.339 e. The van der Waals surface area contributed by atoms with Crippen LogP contribution in [0.25, 0.3) is 0 Å². The minimum Gasteiger partial charge on any atom is -0.339 e. The normalized spacial score (nSPS) is 22.7. The highest BCUT2D eigenvalue weighted by Crippen LogP contribution is 2.35. The van der Waals surface area contributed by atoms with E-state index in [4.69, 9.17) is 0 Å². The van der Waals surface area contributed by atoms with Gasteiger partial charge in [0.2, 0.25) is 17.7 Å². The van der Waals surface area contributed by atoms with Gasteiger partial charge in [-0.1, -0.05) is 36.4 Å². The van der Waals surface area contributed by atoms with E-state index in [2.05, 4.69) is 4.90 Å². The maximum atomic E-state index is 13.5. The predicted octanol–water partition coefficient (Wildman–Crippen LogP) is 3.15. The van der Waals surface area contributed by atoms with Crippen molar-refractivity contribution in [3.63, 3.8) is 0 Å². The van der Waals surface area contributed by atoms with Gasteiger partial charge < -0.3 is 4.90 Å². The van der Waals surface area contributed by atoms with E-state index in [0.29, 0.717) is 39.0 Å². The Hall–Kier alpha value is -3.39. The quantitative estimate of drug-likeness (QED) is 0.488. The molecule has 2 saturated heterocycles. The third kappa shape index (κ3) is 4.62. The minimum absolute atomic E-state index is 0.217. The molecule has 3 amide bonds. The van der Waals surface area contributed by atoms with Crippen LogP contribution in [0.1, 0.15) is 30.0 Å². The van der Waals surface area contributed by atoms with Crippen molar-refractivity contribution in [3.05, 3.63) is 83.4 Å². The number of carbonyl (C=O) groups excluding carboxylic acids is 3. The van der Waals surface area contributed by atoms with Crippen LogP contribution in [0.4, 0.5) is 8.78 Å². The lowest BCUT2D eigenvalue weighted by Crippen LogP contribution is -2.52. The molecule has 35 heavy (non-hydrogen) atoms. The fourth-order valence-electron chi connectivity index (χ4n) is 5.39. The first kappa shape index (κ1) is 23.4. The number of halogens is 2. The second-order valence-corrected chi connectivity index (χ2v) is 9.34. The summed E-state index contributed by atoms with van der Waals surface area (Å²) in [6.07, 6.45) is 4.95. The van der Waals surface area contributed by atoms with Crippen LogP contribution in [0.3, 0.4) is 0 Å². The van der Waals surface area contributed by atoms with E-state index in [0.717, 1.165) is 16.0 Å². The number of rotatable bonds is 5. The van der Waals surface area contributed by atoms with Crippen LogP contribution in [0.2, 0.25) is 0 Å². The molecular formula is C27H27F2N3O3. The molecule has 0 spiro atoms. The molecule has 2 atom stereocenters. The molecule has 2 aromatic rings. The molecule has 8 heteroatoms. The third-order valence-corrected chi connectivity index (χ3v) is 7.30. The van der Waals surface area contributed by atoms with Gasteiger partial charge in [-0.3, -0.25) is 24.2 Å². The van der Waals surface area contributed by atoms with Crippen molar-refractivity contribution in [1.29, 1.82) is 0 Å². The van der Waals surface area contributed by atoms with Crippen molar-refractivity contribution in [2.24, 2.45) is 11.8 Å². The standard InChI is InChI=1S/C27H27F2N3O3/c28-20-9-5-18(6-10-20)25(19-7-11-21(29)12-8-19)31-15-13-30(14-16-31)24(33)17-32-26(34)22-3-1-2-4-23(22)27(32)35/h1-2,5-12,22-23,25H,3-4,13-17H2. The maximum Gasteiger partial charge on any atom is 0.242 e. The number of fused-ring (bicyclic) bond motifs is 1. The van der Waals surface area contributed by atoms with Crippen LogP contribution in [0, 0.1) is 23.5 Å². The van der Waals surface area contributed by atoms with E-state index in [1.165, 1.54) is 24.3 Å². The number of nitrogens with zero attached hydrogens (tertiary/aromatic N) is 3. The second-order valence-electron chi connectivity index (χ2n) is 9.34. The number of carbonyl (C=O) groups is 3. The number of benzene rings is 2. The van der Waals surface area contributed by atoms with Crippen LogP contribution in [-0.4, -0.2) is 65.1 Å². The van der Waals surface area contributed by atoms with E-state index in [1.54, 1.807) is 29.2 Å². The summed E-state index contributed by atoms with van der Waals surface area (Å²) in [5, 5.41) is 0. The molecule has 0 aromatic heterocycles. The number of hydrogen-bond acceptors (Lipinski definition) is 4. The van der Waals surface area contributed by atoms with Crippen molar-refractivity contribution < 1.29 is 23.2 Å². The van der Waals surface area contributed by atoms with Crippen LogP contribution < -0.4 is 0 Å². The number of hydrogen-bond donors (Lipinski definition) is 0. The molecule has 2 heterocycles. The molecule has 2 aliphatic heterocycles. The Bertz CT molecular complexity index is 1070. The molecule has 6 nitrogen and oxygen atoms in total. The molecule has 1 aliphatic carbocycles. The van der Waals surface area contributed by atoms with Gasteiger partial charge in [0.1, 0.15) is 18.2 Å². The van der Waals surface area contributed by atoms with Crippen molar-refractivity contribution in [1.82, 2.24) is 14.7 Å². The van der Waals surface area contributed by atoms with Gasteiger partial charge in [-0.05, 0) is 48.2 Å². The van der Waals surface area contributed by atoms with Crippen LogP contribution in [0.5, 0.6) is 0 Å². The monoisotopic (exact) mass is 479 g/mol. The molecule has 5 rings (SSSR count). The van der Waals surface area contributed by atoms with Crippen LogP contribution in [0.15, 0.2) is 60.7 Å². The smallest absolute Gasteiger partial charge is 0.242 e. The Labute approximate surface area is 202 Å². The first-order chi connectivity index (χ1) is 16.9. The van der Waals surface area contributed by atoms with E-state index >= 15 is 0 Å². The van der Waals surface area contributed by atoms with Gasteiger partial charge in [0, 0.05) is 26.2 Å². The highest BCUT2D eigenvalue weighted by molar-refractivity contribution is 6.07. The molecule has 2 aromatic carbocycles. The topological polar surface area (TPSA) is 60.9 Å². The zero-order chi connectivity index (χ0) is 24.5. The Morgan fingerprint density at radius 2 is 1.23 bits per heavy atom. The van der Waals surface area contributed by atoms with Gasteiger partial charge in [-0.25, -0.2) is 8.78 Å². The number of likely N-dealkylation sites (tertiary alicyclic amines) is 1. The average molecular weight is 480 g/mol. The zero-order valence-electron chi connectivity index (χ0n) is 19.3. The summed E-state index contributed by atoms with van der Waals surface area (Å²) in [4.78, 5) is 43.4. The molecule has 0 bridgehead atoms. The summed E-state index contributed by atoms with van der Waals surface area (Å²) in [7, 11) is 0. The van der Waals surface area contributed by atoms with Gasteiger partial charge >= 0.3 is 0 Å². The summed E-state index contributed by atoms with van der Waals surface area (Å²) in [6.45, 7) is 1.74. The van der Waals surface area contributed by atoms with Gasteiger partial charge in [0.05, 0.1) is 17.9 Å². The highest BCUT2D eigenvalue weighted by Gasteiger charge is 2.48. The Balaban J connectivity index is 1.26.